The van der Waals surface area contributed by atoms with Crippen LogP contribution in [0.25, 0.3) is 0 Å². The molecule has 0 saturated carbocycles. The maximum Gasteiger partial charge on any atom is 0.475 e. The van der Waals surface area contributed by atoms with Gasteiger partial charge in [-0.15, -0.1) is 0 Å². The molecule has 2 fully saturated rings. The maximum atomic E-state index is 12.0. The minimum atomic E-state index is -1.40. The summed E-state index contributed by atoms with van der Waals surface area (Å²) < 4.78 is 0. The fourth-order valence-electron chi connectivity index (χ4n) is 2.67. The van der Waals surface area contributed by atoms with Gasteiger partial charge in [0.05, 0.1) is 5.94 Å². The molecule has 16 heavy (non-hydrogen) atoms. The molecule has 0 bridgehead atoms. The monoisotopic (exact) mass is 226 g/mol. The molecule has 2 saturated heterocycles. The van der Waals surface area contributed by atoms with E-state index in [9.17, 15) is 14.8 Å². The molecule has 2 aliphatic rings. The highest BCUT2D eigenvalue weighted by molar-refractivity contribution is 6.43. The number of hydrogen-bond donors (Lipinski definition) is 3. The summed E-state index contributed by atoms with van der Waals surface area (Å²) in [6.07, 6.45) is 4.23. The average molecular weight is 226 g/mol. The molecule has 2 aliphatic heterocycles. The molecule has 2 unspecified atom stereocenters. The third-order valence-corrected chi connectivity index (χ3v) is 3.55. The highest BCUT2D eigenvalue weighted by Gasteiger charge is 2.37. The van der Waals surface area contributed by atoms with Gasteiger partial charge in [-0.3, -0.25) is 4.79 Å². The van der Waals surface area contributed by atoms with Crippen molar-refractivity contribution in [3.63, 3.8) is 0 Å². The van der Waals surface area contributed by atoms with E-state index in [0.29, 0.717) is 19.4 Å². The van der Waals surface area contributed by atoms with Gasteiger partial charge in [-0.1, -0.05) is 0 Å². The maximum absolute atomic E-state index is 12.0. The molecule has 0 radical (unpaired) electrons. The summed E-state index contributed by atoms with van der Waals surface area (Å²) in [4.78, 5) is 13.6. The summed E-state index contributed by atoms with van der Waals surface area (Å²) in [5.74, 6) is -0.344. The van der Waals surface area contributed by atoms with Gasteiger partial charge in [0.1, 0.15) is 0 Å². The Bertz CT molecular complexity index is 256. The Balaban J connectivity index is 1.87. The lowest BCUT2D eigenvalue weighted by Crippen LogP contribution is -2.46. The van der Waals surface area contributed by atoms with Crippen LogP contribution in [0.15, 0.2) is 0 Å². The van der Waals surface area contributed by atoms with Crippen molar-refractivity contribution in [3.8, 4) is 0 Å². The lowest BCUT2D eigenvalue weighted by molar-refractivity contribution is -0.131. The zero-order valence-electron chi connectivity index (χ0n) is 9.43. The van der Waals surface area contributed by atoms with Crippen LogP contribution in [0, 0.1) is 0 Å². The van der Waals surface area contributed by atoms with Gasteiger partial charge in [-0.2, -0.15) is 0 Å². The molecular weight excluding hydrogens is 207 g/mol. The molecule has 2 atom stereocenters. The van der Waals surface area contributed by atoms with Gasteiger partial charge in [0, 0.05) is 19.0 Å². The van der Waals surface area contributed by atoms with Gasteiger partial charge >= 0.3 is 7.12 Å². The van der Waals surface area contributed by atoms with Crippen LogP contribution in [-0.2, 0) is 4.79 Å². The summed E-state index contributed by atoms with van der Waals surface area (Å²) in [7, 11) is -1.40. The molecule has 6 heteroatoms. The molecule has 0 aromatic carbocycles. The van der Waals surface area contributed by atoms with Crippen molar-refractivity contribution in [1.82, 2.24) is 10.2 Å². The van der Waals surface area contributed by atoms with Crippen molar-refractivity contribution in [1.29, 1.82) is 0 Å². The second-order valence-electron chi connectivity index (χ2n) is 4.71. The molecule has 0 aromatic rings. The highest BCUT2D eigenvalue weighted by atomic mass is 16.4. The summed E-state index contributed by atoms with van der Waals surface area (Å²) in [6.45, 7) is 1.65. The first-order valence-electron chi connectivity index (χ1n) is 6.07. The van der Waals surface area contributed by atoms with Gasteiger partial charge in [0.2, 0.25) is 5.91 Å². The van der Waals surface area contributed by atoms with Crippen LogP contribution in [0.4, 0.5) is 0 Å². The third-order valence-electron chi connectivity index (χ3n) is 3.55. The molecule has 90 valence electrons. The first-order chi connectivity index (χ1) is 7.68. The Kier molecular flexibility index (Phi) is 3.84. The van der Waals surface area contributed by atoms with E-state index >= 15 is 0 Å². The Morgan fingerprint density at radius 3 is 2.81 bits per heavy atom. The number of nitrogens with one attached hydrogen (secondary N) is 1. The van der Waals surface area contributed by atoms with Crippen LogP contribution in [-0.4, -0.2) is 53.0 Å². The van der Waals surface area contributed by atoms with E-state index in [1.807, 2.05) is 0 Å². The van der Waals surface area contributed by atoms with Gasteiger partial charge < -0.3 is 20.3 Å². The second kappa shape index (κ2) is 5.16. The van der Waals surface area contributed by atoms with Crippen molar-refractivity contribution in [2.45, 2.75) is 44.1 Å². The number of carbonyl (C=O) groups is 1. The van der Waals surface area contributed by atoms with Gasteiger partial charge in [0.15, 0.2) is 0 Å². The predicted molar refractivity (Wildman–Crippen MR) is 60.6 cm³/mol. The van der Waals surface area contributed by atoms with E-state index in [0.717, 1.165) is 25.8 Å². The zero-order chi connectivity index (χ0) is 11.5. The van der Waals surface area contributed by atoms with Crippen LogP contribution in [0.1, 0.15) is 32.1 Å². The normalized spacial score (nSPS) is 29.8. The lowest BCUT2D eigenvalue weighted by atomic mass is 9.78. The SMILES string of the molecule is O=C(CC1CCCN1)N1CCCC1B(O)O. The minimum absolute atomic E-state index is 0.0509. The Labute approximate surface area is 96.0 Å². The number of amides is 1. The van der Waals surface area contributed by atoms with Gasteiger partial charge in [-0.05, 0) is 32.2 Å². The van der Waals surface area contributed by atoms with Crippen LogP contribution in [0.3, 0.4) is 0 Å². The zero-order valence-corrected chi connectivity index (χ0v) is 9.43. The number of carbonyl (C=O) groups excluding carboxylic acids is 1. The fourth-order valence-corrected chi connectivity index (χ4v) is 2.67. The summed E-state index contributed by atoms with van der Waals surface area (Å²) >= 11 is 0. The average Bonchev–Trinajstić information content (AvgIpc) is 2.86. The molecule has 0 aliphatic carbocycles. The lowest BCUT2D eigenvalue weighted by Gasteiger charge is -2.25. The topological polar surface area (TPSA) is 72.8 Å². The summed E-state index contributed by atoms with van der Waals surface area (Å²) in [5.41, 5.74) is 0. The van der Waals surface area contributed by atoms with Crippen molar-refractivity contribution in [2.24, 2.45) is 0 Å². The first kappa shape index (κ1) is 11.9. The van der Waals surface area contributed by atoms with Crippen LogP contribution in [0.5, 0.6) is 0 Å². The van der Waals surface area contributed by atoms with E-state index in [4.69, 9.17) is 0 Å². The standard InChI is InChI=1S/C10H19BN2O3/c14-10(7-8-3-1-5-12-8)13-6-2-4-9(13)11(15)16/h8-9,12,15-16H,1-7H2. The van der Waals surface area contributed by atoms with Crippen molar-refractivity contribution >= 4 is 13.0 Å². The van der Waals surface area contributed by atoms with Gasteiger partial charge in [0.25, 0.3) is 0 Å². The molecule has 0 aromatic heterocycles. The van der Waals surface area contributed by atoms with Crippen LogP contribution < -0.4 is 5.32 Å². The highest BCUT2D eigenvalue weighted by Crippen LogP contribution is 2.20. The van der Waals surface area contributed by atoms with Crippen molar-refractivity contribution in [3.05, 3.63) is 0 Å². The van der Waals surface area contributed by atoms with Gasteiger partial charge in [-0.25, -0.2) is 0 Å². The Morgan fingerprint density at radius 2 is 2.19 bits per heavy atom. The molecule has 1 amide bonds. The molecule has 3 N–H and O–H groups in total. The van der Waals surface area contributed by atoms with E-state index in [1.165, 1.54) is 0 Å². The van der Waals surface area contributed by atoms with Crippen LogP contribution >= 0.6 is 0 Å². The summed E-state index contributed by atoms with van der Waals surface area (Å²) in [6, 6.07) is 0.282. The molecular formula is C10H19BN2O3. The number of likely N-dealkylation sites (tertiary alicyclic amines) is 1. The Hall–Kier alpha value is -0.585. The van der Waals surface area contributed by atoms with E-state index in [1.54, 1.807) is 4.90 Å². The third kappa shape index (κ3) is 2.56. The predicted octanol–water partition coefficient (Wildman–Crippen LogP) is -0.868. The fraction of sp³-hybridized carbons (Fsp3) is 0.900. The minimum Gasteiger partial charge on any atom is -0.426 e. The summed E-state index contributed by atoms with van der Waals surface area (Å²) in [5, 5.41) is 21.6. The van der Waals surface area contributed by atoms with Crippen LogP contribution in [0.2, 0.25) is 0 Å². The molecule has 0 spiro atoms. The van der Waals surface area contributed by atoms with E-state index < -0.39 is 13.1 Å². The molecule has 2 heterocycles. The number of hydrogen-bond acceptors (Lipinski definition) is 4. The van der Waals surface area contributed by atoms with E-state index in [2.05, 4.69) is 5.32 Å². The quantitative estimate of drug-likeness (QED) is 0.547. The molecule has 5 nitrogen and oxygen atoms in total. The van der Waals surface area contributed by atoms with Crippen molar-refractivity contribution in [2.75, 3.05) is 13.1 Å². The number of rotatable bonds is 3. The molecule has 2 rings (SSSR count). The van der Waals surface area contributed by atoms with E-state index in [-0.39, 0.29) is 11.9 Å². The second-order valence-corrected chi connectivity index (χ2v) is 4.71. The first-order valence-corrected chi connectivity index (χ1v) is 6.07. The smallest absolute Gasteiger partial charge is 0.426 e. The van der Waals surface area contributed by atoms with Crippen molar-refractivity contribution < 1.29 is 14.8 Å². The Morgan fingerprint density at radius 1 is 1.38 bits per heavy atom. The largest absolute Gasteiger partial charge is 0.475 e. The number of nitrogens with zero attached hydrogens (tertiary/aromatic N) is 1.